The Morgan fingerprint density at radius 1 is 1.12 bits per heavy atom. The fourth-order valence-corrected chi connectivity index (χ4v) is 1.56. The highest BCUT2D eigenvalue weighted by molar-refractivity contribution is 5.98. The maximum absolute atomic E-state index is 11.8. The van der Waals surface area contributed by atoms with E-state index in [1.54, 1.807) is 32.9 Å². The summed E-state index contributed by atoms with van der Waals surface area (Å²) in [6.45, 7) is 5.05. The number of alkyl carbamates (subject to hydrolysis) is 1. The Balaban J connectivity index is 2.72. The first-order valence-electron chi connectivity index (χ1n) is 7.22. The van der Waals surface area contributed by atoms with E-state index in [1.165, 1.54) is 0 Å². The zero-order valence-corrected chi connectivity index (χ0v) is 14.1. The second-order valence-corrected chi connectivity index (χ2v) is 5.77. The minimum Gasteiger partial charge on any atom is -0.464 e. The summed E-state index contributed by atoms with van der Waals surface area (Å²) in [5, 5.41) is 2.18. The molecule has 7 nitrogen and oxygen atoms in total. The summed E-state index contributed by atoms with van der Waals surface area (Å²) in [6.07, 6.45) is -0.0337. The molecular weight excluding hydrogens is 314 g/mol. The van der Waals surface area contributed by atoms with Crippen LogP contribution in [-0.4, -0.2) is 30.7 Å². The molecule has 0 saturated heterocycles. The zero-order chi connectivity index (χ0) is 18.2. The van der Waals surface area contributed by atoms with E-state index < -0.39 is 23.6 Å². The lowest BCUT2D eigenvalue weighted by Crippen LogP contribution is -2.35. The fourth-order valence-electron chi connectivity index (χ4n) is 1.56. The Bertz CT molecular complexity index is 616. The highest BCUT2D eigenvalue weighted by Gasteiger charge is 2.21. The molecule has 1 N–H and O–H groups in total. The van der Waals surface area contributed by atoms with Gasteiger partial charge in [0.15, 0.2) is 0 Å². The van der Waals surface area contributed by atoms with Crippen LogP contribution in [0.1, 0.15) is 26.3 Å². The topological polar surface area (TPSA) is 90.9 Å². The largest absolute Gasteiger partial charge is 0.464 e. The summed E-state index contributed by atoms with van der Waals surface area (Å²) in [4.78, 5) is 35.2. The van der Waals surface area contributed by atoms with E-state index in [0.717, 1.165) is 18.7 Å². The van der Waals surface area contributed by atoms with Gasteiger partial charge >= 0.3 is 18.0 Å². The molecule has 130 valence electrons. The van der Waals surface area contributed by atoms with Gasteiger partial charge in [0.05, 0.1) is 13.2 Å². The number of nitrogens with one attached hydrogen (secondary N) is 1. The third-order valence-corrected chi connectivity index (χ3v) is 2.53. The highest BCUT2D eigenvalue weighted by atomic mass is 16.6. The molecule has 1 amide bonds. The lowest BCUT2D eigenvalue weighted by atomic mass is 10.2. The number of ether oxygens (including phenoxy) is 3. The van der Waals surface area contributed by atoms with Crippen molar-refractivity contribution in [2.45, 2.75) is 33.0 Å². The second-order valence-electron chi connectivity index (χ2n) is 5.77. The second kappa shape index (κ2) is 8.71. The number of hydrogen-bond donors (Lipinski definition) is 1. The average Bonchev–Trinajstić information content (AvgIpc) is 2.50. The number of hydrogen-bond acceptors (Lipinski definition) is 6. The van der Waals surface area contributed by atoms with E-state index in [4.69, 9.17) is 9.47 Å². The summed E-state index contributed by atoms with van der Waals surface area (Å²) >= 11 is 0. The molecule has 7 heteroatoms. The molecule has 0 aliphatic heterocycles. The molecule has 0 aliphatic carbocycles. The Morgan fingerprint density at radius 2 is 1.75 bits per heavy atom. The number of esters is 2. The van der Waals surface area contributed by atoms with E-state index in [2.05, 4.69) is 10.1 Å². The van der Waals surface area contributed by atoms with E-state index in [0.29, 0.717) is 0 Å². The number of amides is 1. The third kappa shape index (κ3) is 7.44. The van der Waals surface area contributed by atoms with Gasteiger partial charge in [-0.1, -0.05) is 30.3 Å². The Kier molecular flexibility index (Phi) is 6.98. The maximum atomic E-state index is 11.8. The van der Waals surface area contributed by atoms with Crippen molar-refractivity contribution in [1.82, 2.24) is 5.32 Å². The van der Waals surface area contributed by atoms with Crippen LogP contribution in [-0.2, 0) is 30.4 Å². The van der Waals surface area contributed by atoms with E-state index in [9.17, 15) is 14.4 Å². The molecule has 1 aromatic carbocycles. The molecule has 1 rings (SSSR count). The number of rotatable bonds is 5. The van der Waals surface area contributed by atoms with Gasteiger partial charge < -0.3 is 14.2 Å². The quantitative estimate of drug-likeness (QED) is 0.504. The van der Waals surface area contributed by atoms with Crippen molar-refractivity contribution in [3.05, 3.63) is 47.7 Å². The van der Waals surface area contributed by atoms with Crippen LogP contribution in [0, 0.1) is 0 Å². The summed E-state index contributed by atoms with van der Waals surface area (Å²) in [7, 11) is 1.13. The molecule has 0 fully saturated rings. The van der Waals surface area contributed by atoms with Gasteiger partial charge in [-0.25, -0.2) is 14.4 Å². The Labute approximate surface area is 140 Å². The van der Waals surface area contributed by atoms with Crippen LogP contribution in [0.5, 0.6) is 0 Å². The van der Waals surface area contributed by atoms with Crippen molar-refractivity contribution < 1.29 is 28.6 Å². The van der Waals surface area contributed by atoms with Crippen LogP contribution in [0.4, 0.5) is 4.79 Å². The SMILES string of the molecule is COC(=O)/C(=C\C(=O)OCc1ccccc1)NC(=O)OC(C)(C)C. The van der Waals surface area contributed by atoms with Crippen molar-refractivity contribution >= 4 is 18.0 Å². The van der Waals surface area contributed by atoms with Gasteiger partial charge in [-0.3, -0.25) is 5.32 Å². The minimum atomic E-state index is -0.891. The van der Waals surface area contributed by atoms with Gasteiger partial charge in [0, 0.05) is 0 Å². The number of carbonyl (C=O) groups is 3. The van der Waals surface area contributed by atoms with Gasteiger partial charge in [0.2, 0.25) is 0 Å². The summed E-state index contributed by atoms with van der Waals surface area (Å²) < 4.78 is 14.6. The standard InChI is InChI=1S/C17H21NO6/c1-17(2,3)24-16(21)18-13(15(20)22-4)10-14(19)23-11-12-8-6-5-7-9-12/h5-10H,11H2,1-4H3,(H,18,21)/b13-10+. The van der Waals surface area contributed by atoms with Gasteiger partial charge in [0.25, 0.3) is 0 Å². The molecule has 0 unspecified atom stereocenters. The Morgan fingerprint density at radius 3 is 2.29 bits per heavy atom. The molecule has 0 aliphatic rings. The van der Waals surface area contributed by atoms with E-state index >= 15 is 0 Å². The van der Waals surface area contributed by atoms with Crippen molar-refractivity contribution in [3.63, 3.8) is 0 Å². The molecule has 0 atom stereocenters. The smallest absolute Gasteiger partial charge is 0.412 e. The molecule has 0 bridgehead atoms. The fraction of sp³-hybridized carbons (Fsp3) is 0.353. The lowest BCUT2D eigenvalue weighted by molar-refractivity contribution is -0.141. The normalized spacial score (nSPS) is 11.4. The van der Waals surface area contributed by atoms with Crippen LogP contribution in [0.3, 0.4) is 0 Å². The predicted molar refractivity (Wildman–Crippen MR) is 85.7 cm³/mol. The summed E-state index contributed by atoms with van der Waals surface area (Å²) in [6, 6.07) is 9.03. The highest BCUT2D eigenvalue weighted by Crippen LogP contribution is 2.08. The molecule has 0 saturated carbocycles. The third-order valence-electron chi connectivity index (χ3n) is 2.53. The minimum absolute atomic E-state index is 0.0388. The van der Waals surface area contributed by atoms with Crippen molar-refractivity contribution in [2.24, 2.45) is 0 Å². The molecular formula is C17H21NO6. The van der Waals surface area contributed by atoms with Crippen molar-refractivity contribution in [2.75, 3.05) is 7.11 Å². The van der Waals surface area contributed by atoms with Crippen molar-refractivity contribution in [1.29, 1.82) is 0 Å². The van der Waals surface area contributed by atoms with Crippen LogP contribution in [0.2, 0.25) is 0 Å². The van der Waals surface area contributed by atoms with Gasteiger partial charge in [-0.2, -0.15) is 0 Å². The summed E-state index contributed by atoms with van der Waals surface area (Å²) in [5.74, 6) is -1.69. The molecule has 0 spiro atoms. The average molecular weight is 335 g/mol. The number of benzene rings is 1. The van der Waals surface area contributed by atoms with Crippen molar-refractivity contribution in [3.8, 4) is 0 Å². The van der Waals surface area contributed by atoms with Gasteiger partial charge in [0.1, 0.15) is 17.9 Å². The lowest BCUT2D eigenvalue weighted by Gasteiger charge is -2.19. The van der Waals surface area contributed by atoms with Crippen LogP contribution in [0.15, 0.2) is 42.1 Å². The number of methoxy groups -OCH3 is 1. The molecule has 0 heterocycles. The van der Waals surface area contributed by atoms with Crippen LogP contribution >= 0.6 is 0 Å². The Hall–Kier alpha value is -2.83. The van der Waals surface area contributed by atoms with Gasteiger partial charge in [-0.05, 0) is 26.3 Å². The first-order chi connectivity index (χ1) is 11.2. The summed E-state index contributed by atoms with van der Waals surface area (Å²) in [5.41, 5.74) is -0.331. The maximum Gasteiger partial charge on any atom is 0.412 e. The van der Waals surface area contributed by atoms with Crippen LogP contribution in [0.25, 0.3) is 0 Å². The van der Waals surface area contributed by atoms with Gasteiger partial charge in [-0.15, -0.1) is 0 Å². The molecule has 0 radical (unpaired) electrons. The first kappa shape index (κ1) is 19.2. The van der Waals surface area contributed by atoms with E-state index in [1.807, 2.05) is 18.2 Å². The molecule has 0 aromatic heterocycles. The number of carbonyl (C=O) groups excluding carboxylic acids is 3. The zero-order valence-electron chi connectivity index (χ0n) is 14.1. The van der Waals surface area contributed by atoms with Crippen LogP contribution < -0.4 is 5.32 Å². The molecule has 24 heavy (non-hydrogen) atoms. The first-order valence-corrected chi connectivity index (χ1v) is 7.22. The van der Waals surface area contributed by atoms with E-state index in [-0.39, 0.29) is 12.3 Å². The monoisotopic (exact) mass is 335 g/mol. The predicted octanol–water partition coefficient (Wildman–Crippen LogP) is 2.31. The molecule has 1 aromatic rings.